The molecule has 0 saturated heterocycles. The quantitative estimate of drug-likeness (QED) is 0.618. The van der Waals surface area contributed by atoms with Crippen LogP contribution in [-0.2, 0) is 6.54 Å². The van der Waals surface area contributed by atoms with Crippen LogP contribution in [0.15, 0.2) is 6.20 Å². The van der Waals surface area contributed by atoms with Crippen LogP contribution in [0.1, 0.15) is 44.7 Å². The molecule has 0 unspecified atom stereocenters. The SMILES string of the molecule is CC(C)c1c[nH]c(=S)n1CCCCC(F)(F)F. The van der Waals surface area contributed by atoms with Crippen molar-refractivity contribution in [3.05, 3.63) is 16.7 Å². The van der Waals surface area contributed by atoms with Crippen molar-refractivity contribution in [3.63, 3.8) is 0 Å². The number of nitrogens with one attached hydrogen (secondary N) is 1. The zero-order chi connectivity index (χ0) is 13.1. The summed E-state index contributed by atoms with van der Waals surface area (Å²) in [6.07, 6.45) is -2.31. The Morgan fingerprint density at radius 1 is 1.35 bits per heavy atom. The monoisotopic (exact) mass is 266 g/mol. The summed E-state index contributed by atoms with van der Waals surface area (Å²) in [5, 5.41) is 0. The molecule has 6 heteroatoms. The average molecular weight is 266 g/mol. The number of hydrogen-bond acceptors (Lipinski definition) is 1. The number of imidazole rings is 1. The molecule has 1 rings (SSSR count). The normalized spacial score (nSPS) is 12.4. The fourth-order valence-corrected chi connectivity index (χ4v) is 1.97. The van der Waals surface area contributed by atoms with Crippen molar-refractivity contribution in [2.45, 2.75) is 51.7 Å². The summed E-state index contributed by atoms with van der Waals surface area (Å²) in [5.74, 6) is 0.311. The van der Waals surface area contributed by atoms with E-state index in [1.807, 2.05) is 24.6 Å². The molecule has 0 aliphatic rings. The fraction of sp³-hybridized carbons (Fsp3) is 0.727. The number of hydrogen-bond donors (Lipinski definition) is 1. The summed E-state index contributed by atoms with van der Waals surface area (Å²) in [4.78, 5) is 2.93. The van der Waals surface area contributed by atoms with Gasteiger partial charge in [-0.15, -0.1) is 0 Å². The van der Waals surface area contributed by atoms with Crippen LogP contribution in [0.2, 0.25) is 0 Å². The van der Waals surface area contributed by atoms with Gasteiger partial charge in [-0.25, -0.2) is 0 Å². The van der Waals surface area contributed by atoms with Crippen LogP contribution in [0.3, 0.4) is 0 Å². The lowest BCUT2D eigenvalue weighted by molar-refractivity contribution is -0.135. The first-order valence-electron chi connectivity index (χ1n) is 5.66. The second-order valence-electron chi connectivity index (χ2n) is 4.40. The second-order valence-corrected chi connectivity index (χ2v) is 4.78. The predicted molar refractivity (Wildman–Crippen MR) is 63.6 cm³/mol. The van der Waals surface area contributed by atoms with Crippen LogP contribution in [0.25, 0.3) is 0 Å². The van der Waals surface area contributed by atoms with Crippen LogP contribution in [0.5, 0.6) is 0 Å². The van der Waals surface area contributed by atoms with Gasteiger partial charge in [0, 0.05) is 24.9 Å². The molecule has 1 N–H and O–H groups in total. The number of unbranched alkanes of at least 4 members (excludes halogenated alkanes) is 1. The van der Waals surface area contributed by atoms with Crippen LogP contribution >= 0.6 is 12.2 Å². The van der Waals surface area contributed by atoms with Gasteiger partial charge in [0.15, 0.2) is 4.77 Å². The number of H-pyrrole nitrogens is 1. The number of nitrogens with zero attached hydrogens (tertiary/aromatic N) is 1. The molecule has 0 amide bonds. The second kappa shape index (κ2) is 5.71. The smallest absolute Gasteiger partial charge is 0.337 e. The molecule has 17 heavy (non-hydrogen) atoms. The summed E-state index contributed by atoms with van der Waals surface area (Å²) in [6, 6.07) is 0. The van der Waals surface area contributed by atoms with Gasteiger partial charge in [-0.2, -0.15) is 13.2 Å². The summed E-state index contributed by atoms with van der Waals surface area (Å²) in [5.41, 5.74) is 1.04. The topological polar surface area (TPSA) is 20.7 Å². The van der Waals surface area contributed by atoms with Crippen molar-refractivity contribution >= 4 is 12.2 Å². The molecule has 1 aromatic heterocycles. The third-order valence-corrected chi connectivity index (χ3v) is 2.92. The molecule has 1 aromatic rings. The van der Waals surface area contributed by atoms with Crippen LogP contribution in [-0.4, -0.2) is 15.7 Å². The highest BCUT2D eigenvalue weighted by atomic mass is 32.1. The fourth-order valence-electron chi connectivity index (χ4n) is 1.71. The molecule has 0 aliphatic heterocycles. The standard InChI is InChI=1S/C11H17F3N2S/c1-8(2)9-7-15-10(17)16(9)6-4-3-5-11(12,13)14/h7-8H,3-6H2,1-2H3,(H,15,17). The van der Waals surface area contributed by atoms with Gasteiger partial charge in [-0.3, -0.25) is 0 Å². The summed E-state index contributed by atoms with van der Waals surface area (Å²) in [6.45, 7) is 4.61. The lowest BCUT2D eigenvalue weighted by Crippen LogP contribution is -2.09. The Balaban J connectivity index is 2.52. The van der Waals surface area contributed by atoms with Gasteiger partial charge in [0.05, 0.1) is 0 Å². The number of rotatable bonds is 5. The summed E-state index contributed by atoms with van der Waals surface area (Å²) < 4.78 is 38.4. The first-order chi connectivity index (χ1) is 7.81. The first-order valence-corrected chi connectivity index (χ1v) is 6.07. The molecular weight excluding hydrogens is 249 g/mol. The average Bonchev–Trinajstić information content (AvgIpc) is 2.53. The Kier molecular flexibility index (Phi) is 4.80. The highest BCUT2D eigenvalue weighted by Gasteiger charge is 2.25. The summed E-state index contributed by atoms with van der Waals surface area (Å²) in [7, 11) is 0. The molecule has 1 heterocycles. The van der Waals surface area contributed by atoms with Crippen molar-refractivity contribution < 1.29 is 13.2 Å². The van der Waals surface area contributed by atoms with E-state index in [2.05, 4.69) is 4.98 Å². The minimum absolute atomic E-state index is 0.147. The molecule has 0 aromatic carbocycles. The van der Waals surface area contributed by atoms with Crippen LogP contribution in [0.4, 0.5) is 13.2 Å². The maximum atomic E-state index is 12.0. The Labute approximate surface area is 104 Å². The Hall–Kier alpha value is -0.780. The van der Waals surface area contributed by atoms with Crippen molar-refractivity contribution in [1.82, 2.24) is 9.55 Å². The Morgan fingerprint density at radius 3 is 2.53 bits per heavy atom. The third-order valence-electron chi connectivity index (χ3n) is 2.58. The predicted octanol–water partition coefficient (Wildman–Crippen LogP) is 4.40. The van der Waals surface area contributed by atoms with Gasteiger partial charge < -0.3 is 9.55 Å². The van der Waals surface area contributed by atoms with E-state index < -0.39 is 12.6 Å². The van der Waals surface area contributed by atoms with E-state index in [0.29, 0.717) is 23.7 Å². The zero-order valence-corrected chi connectivity index (χ0v) is 10.8. The maximum Gasteiger partial charge on any atom is 0.389 e. The van der Waals surface area contributed by atoms with Crippen molar-refractivity contribution in [2.75, 3.05) is 0 Å². The van der Waals surface area contributed by atoms with E-state index in [4.69, 9.17) is 12.2 Å². The Bertz CT molecular complexity index is 404. The first kappa shape index (κ1) is 14.3. The van der Waals surface area contributed by atoms with Gasteiger partial charge in [-0.05, 0) is 31.0 Å². The number of aromatic nitrogens is 2. The molecular formula is C11H17F3N2S. The lowest BCUT2D eigenvalue weighted by Gasteiger charge is -2.11. The van der Waals surface area contributed by atoms with Gasteiger partial charge in [0.2, 0.25) is 0 Å². The largest absolute Gasteiger partial charge is 0.389 e. The van der Waals surface area contributed by atoms with Gasteiger partial charge in [0.1, 0.15) is 0 Å². The van der Waals surface area contributed by atoms with Gasteiger partial charge >= 0.3 is 6.18 Å². The molecule has 0 bridgehead atoms. The van der Waals surface area contributed by atoms with E-state index in [0.717, 1.165) is 5.69 Å². The van der Waals surface area contributed by atoms with Crippen molar-refractivity contribution in [3.8, 4) is 0 Å². The van der Waals surface area contributed by atoms with Gasteiger partial charge in [-0.1, -0.05) is 13.8 Å². The van der Waals surface area contributed by atoms with E-state index >= 15 is 0 Å². The van der Waals surface area contributed by atoms with E-state index in [1.165, 1.54) is 0 Å². The minimum atomic E-state index is -4.06. The molecule has 98 valence electrons. The summed E-state index contributed by atoms with van der Waals surface area (Å²) >= 11 is 5.10. The zero-order valence-electron chi connectivity index (χ0n) is 9.97. The maximum absolute atomic E-state index is 12.0. The molecule has 0 atom stereocenters. The lowest BCUT2D eigenvalue weighted by atomic mass is 10.1. The molecule has 0 radical (unpaired) electrons. The third kappa shape index (κ3) is 4.53. The number of halogens is 3. The van der Waals surface area contributed by atoms with Crippen molar-refractivity contribution in [2.24, 2.45) is 0 Å². The number of alkyl halides is 3. The molecule has 2 nitrogen and oxygen atoms in total. The van der Waals surface area contributed by atoms with E-state index in [-0.39, 0.29) is 6.42 Å². The number of aromatic amines is 1. The molecule has 0 aliphatic carbocycles. The molecule has 0 fully saturated rings. The van der Waals surface area contributed by atoms with Crippen molar-refractivity contribution in [1.29, 1.82) is 0 Å². The minimum Gasteiger partial charge on any atom is -0.337 e. The molecule has 0 spiro atoms. The van der Waals surface area contributed by atoms with Crippen LogP contribution in [0, 0.1) is 4.77 Å². The van der Waals surface area contributed by atoms with E-state index in [9.17, 15) is 13.2 Å². The van der Waals surface area contributed by atoms with E-state index in [1.54, 1.807) is 0 Å². The Morgan fingerprint density at radius 2 is 2.00 bits per heavy atom. The van der Waals surface area contributed by atoms with Gasteiger partial charge in [0.25, 0.3) is 0 Å². The highest BCUT2D eigenvalue weighted by Crippen LogP contribution is 2.23. The van der Waals surface area contributed by atoms with Crippen LogP contribution < -0.4 is 0 Å². The molecule has 0 saturated carbocycles. The highest BCUT2D eigenvalue weighted by molar-refractivity contribution is 7.71.